The van der Waals surface area contributed by atoms with Crippen LogP contribution in [0.25, 0.3) is 0 Å². The van der Waals surface area contributed by atoms with Crippen LogP contribution in [0.2, 0.25) is 0 Å². The van der Waals surface area contributed by atoms with Crippen molar-refractivity contribution in [2.75, 3.05) is 7.11 Å². The molecule has 0 aliphatic heterocycles. The average Bonchev–Trinajstić information content (AvgIpc) is 2.34. The Morgan fingerprint density at radius 3 is 2.23 bits per heavy atom. The number of hydrogen-bond acceptors (Lipinski definition) is 4. The van der Waals surface area contributed by atoms with Crippen molar-refractivity contribution in [3.8, 4) is 0 Å². The summed E-state index contributed by atoms with van der Waals surface area (Å²) in [5, 5.41) is 9.14. The van der Waals surface area contributed by atoms with Crippen molar-refractivity contribution in [3.63, 3.8) is 0 Å². The highest BCUT2D eigenvalue weighted by molar-refractivity contribution is 5.78. The molecule has 0 amide bonds. The van der Waals surface area contributed by atoms with Gasteiger partial charge in [0, 0.05) is 12.0 Å². The molecular formula is C8H16FNO3. The first-order valence-corrected chi connectivity index (χ1v) is 4.11. The second-order valence-corrected chi connectivity index (χ2v) is 3.16. The van der Waals surface area contributed by atoms with E-state index in [9.17, 15) is 9.32 Å². The van der Waals surface area contributed by atoms with Gasteiger partial charge in [0.15, 0.2) is 0 Å². The summed E-state index contributed by atoms with van der Waals surface area (Å²) in [7, 11) is 0.958. The predicted octanol–water partition coefficient (Wildman–Crippen LogP) is 0.191. The fourth-order valence-electron chi connectivity index (χ4n) is 1.38. The van der Waals surface area contributed by atoms with Gasteiger partial charge in [0.25, 0.3) is 0 Å². The van der Waals surface area contributed by atoms with Crippen molar-refractivity contribution < 1.29 is 19.4 Å². The number of nitrogens with two attached hydrogens (primary N) is 1. The molecule has 0 spiro atoms. The maximum absolute atomic E-state index is 10.8. The Kier molecular flexibility index (Phi) is 5.77. The summed E-state index contributed by atoms with van der Waals surface area (Å²) >= 11 is 0. The van der Waals surface area contributed by atoms with E-state index in [2.05, 4.69) is 4.94 Å². The van der Waals surface area contributed by atoms with E-state index in [1.54, 1.807) is 6.92 Å². The van der Waals surface area contributed by atoms with Gasteiger partial charge in [-0.1, -0.05) is 0 Å². The molecule has 3 N–H and O–H groups in total. The summed E-state index contributed by atoms with van der Waals surface area (Å²) in [5.41, 5.74) is 5.50. The van der Waals surface area contributed by atoms with Crippen molar-refractivity contribution in [1.29, 1.82) is 0 Å². The van der Waals surface area contributed by atoms with Crippen molar-refractivity contribution in [3.05, 3.63) is 0 Å². The van der Waals surface area contributed by atoms with Gasteiger partial charge in [-0.05, 0) is 24.3 Å². The first-order valence-electron chi connectivity index (χ1n) is 4.11. The molecule has 1 saturated carbocycles. The summed E-state index contributed by atoms with van der Waals surface area (Å²) in [6, 6.07) is -0.186. The van der Waals surface area contributed by atoms with Gasteiger partial charge in [-0.15, -0.1) is 0 Å². The molecule has 0 heterocycles. The van der Waals surface area contributed by atoms with Crippen LogP contribution >= 0.6 is 0 Å². The molecule has 5 heteroatoms. The van der Waals surface area contributed by atoms with Gasteiger partial charge in [-0.25, -0.2) is 0 Å². The van der Waals surface area contributed by atoms with Crippen LogP contribution in [0.3, 0.4) is 0 Å². The SMILES string of the molecule is CC(=O)C1CC(N)C(O)C1.COF. The Morgan fingerprint density at radius 2 is 2.08 bits per heavy atom. The minimum atomic E-state index is -0.464. The van der Waals surface area contributed by atoms with Crippen LogP contribution in [0.5, 0.6) is 0 Å². The molecular weight excluding hydrogens is 177 g/mol. The minimum Gasteiger partial charge on any atom is -0.391 e. The molecule has 0 aromatic heterocycles. The van der Waals surface area contributed by atoms with Gasteiger partial charge in [0.05, 0.1) is 13.2 Å². The van der Waals surface area contributed by atoms with Gasteiger partial charge < -0.3 is 10.8 Å². The lowest BCUT2D eigenvalue weighted by atomic mass is 10.0. The third-order valence-electron chi connectivity index (χ3n) is 2.15. The molecule has 1 rings (SSSR count). The van der Waals surface area contributed by atoms with Crippen LogP contribution < -0.4 is 5.73 Å². The van der Waals surface area contributed by atoms with Crippen molar-refractivity contribution >= 4 is 5.78 Å². The number of aliphatic hydroxyl groups is 1. The first-order chi connectivity index (χ1) is 6.02. The Balaban J connectivity index is 0.000000424. The fraction of sp³-hybridized carbons (Fsp3) is 0.875. The van der Waals surface area contributed by atoms with Crippen LogP contribution in [-0.2, 0) is 9.74 Å². The normalized spacial score (nSPS) is 32.2. The number of ketones is 1. The summed E-state index contributed by atoms with van der Waals surface area (Å²) in [6.07, 6.45) is 0.737. The molecule has 78 valence electrons. The van der Waals surface area contributed by atoms with E-state index >= 15 is 0 Å². The quantitative estimate of drug-likeness (QED) is 0.623. The van der Waals surface area contributed by atoms with Crippen molar-refractivity contribution in [2.45, 2.75) is 31.9 Å². The van der Waals surface area contributed by atoms with E-state index in [4.69, 9.17) is 10.8 Å². The Hall–Kier alpha value is -0.520. The van der Waals surface area contributed by atoms with Gasteiger partial charge >= 0.3 is 0 Å². The zero-order valence-corrected chi connectivity index (χ0v) is 7.87. The summed E-state index contributed by atoms with van der Waals surface area (Å²) < 4.78 is 9.79. The Labute approximate surface area is 76.8 Å². The highest BCUT2D eigenvalue weighted by Crippen LogP contribution is 2.24. The highest BCUT2D eigenvalue weighted by Gasteiger charge is 2.32. The third-order valence-corrected chi connectivity index (χ3v) is 2.15. The standard InChI is InChI=1S/C7H13NO2.CH3FO/c1-4(9)5-2-6(8)7(10)3-5;1-3-2/h5-7,10H,2-3,8H2,1H3;1H3. The number of rotatable bonds is 1. The highest BCUT2D eigenvalue weighted by atomic mass is 19.3. The van der Waals surface area contributed by atoms with E-state index in [1.807, 2.05) is 0 Å². The molecule has 0 aromatic carbocycles. The van der Waals surface area contributed by atoms with E-state index in [-0.39, 0.29) is 17.7 Å². The molecule has 1 aliphatic carbocycles. The van der Waals surface area contributed by atoms with Crippen LogP contribution in [0, 0.1) is 5.92 Å². The second-order valence-electron chi connectivity index (χ2n) is 3.16. The lowest BCUT2D eigenvalue weighted by Crippen LogP contribution is -2.28. The number of hydrogen-bond donors (Lipinski definition) is 2. The smallest absolute Gasteiger partial charge is 0.133 e. The molecule has 0 bridgehead atoms. The predicted molar refractivity (Wildman–Crippen MR) is 45.5 cm³/mol. The Morgan fingerprint density at radius 1 is 1.62 bits per heavy atom. The number of Topliss-reactive ketones (excluding diaryl/α,β-unsaturated/α-hetero) is 1. The molecule has 1 fully saturated rings. The van der Waals surface area contributed by atoms with Crippen LogP contribution in [0.15, 0.2) is 0 Å². The maximum Gasteiger partial charge on any atom is 0.133 e. The third kappa shape index (κ3) is 4.31. The number of carbonyl (C=O) groups is 1. The summed E-state index contributed by atoms with van der Waals surface area (Å²) in [4.78, 5) is 13.5. The van der Waals surface area contributed by atoms with Crippen LogP contribution in [-0.4, -0.2) is 30.1 Å². The summed E-state index contributed by atoms with van der Waals surface area (Å²) in [5.74, 6) is 0.150. The number of carbonyl (C=O) groups excluding carboxylic acids is 1. The lowest BCUT2D eigenvalue weighted by molar-refractivity contribution is -0.120. The lowest BCUT2D eigenvalue weighted by Gasteiger charge is -2.04. The average molecular weight is 193 g/mol. The van der Waals surface area contributed by atoms with Gasteiger partial charge in [0.1, 0.15) is 5.78 Å². The van der Waals surface area contributed by atoms with Crippen LogP contribution in [0.1, 0.15) is 19.8 Å². The number of aliphatic hydroxyl groups excluding tert-OH is 1. The van der Waals surface area contributed by atoms with Crippen LogP contribution in [0.4, 0.5) is 4.53 Å². The fourth-order valence-corrected chi connectivity index (χ4v) is 1.38. The van der Waals surface area contributed by atoms with Crippen molar-refractivity contribution in [1.82, 2.24) is 0 Å². The first kappa shape index (κ1) is 12.5. The molecule has 0 saturated heterocycles. The monoisotopic (exact) mass is 193 g/mol. The Bertz CT molecular complexity index is 155. The van der Waals surface area contributed by atoms with E-state index in [0.29, 0.717) is 12.8 Å². The molecule has 1 aliphatic rings. The molecule has 0 aromatic rings. The van der Waals surface area contributed by atoms with Gasteiger partial charge in [-0.3, -0.25) is 4.79 Å². The largest absolute Gasteiger partial charge is 0.391 e. The van der Waals surface area contributed by atoms with Gasteiger partial charge in [-0.2, -0.15) is 4.94 Å². The maximum atomic E-state index is 10.8. The van der Waals surface area contributed by atoms with E-state index < -0.39 is 6.10 Å². The van der Waals surface area contributed by atoms with E-state index in [1.165, 1.54) is 0 Å². The minimum absolute atomic E-state index is 0.00463. The second kappa shape index (κ2) is 6.01. The molecule has 3 unspecified atom stereocenters. The van der Waals surface area contributed by atoms with Crippen molar-refractivity contribution in [2.24, 2.45) is 11.7 Å². The zero-order chi connectivity index (χ0) is 10.4. The number of halogens is 1. The molecule has 4 nitrogen and oxygen atoms in total. The molecule has 0 radical (unpaired) electrons. The molecule has 13 heavy (non-hydrogen) atoms. The summed E-state index contributed by atoms with van der Waals surface area (Å²) in [6.45, 7) is 1.55. The molecule has 3 atom stereocenters. The zero-order valence-electron chi connectivity index (χ0n) is 7.87. The topological polar surface area (TPSA) is 72.6 Å². The van der Waals surface area contributed by atoms with E-state index in [0.717, 1.165) is 7.11 Å². The van der Waals surface area contributed by atoms with Gasteiger partial charge in [0.2, 0.25) is 0 Å².